The van der Waals surface area contributed by atoms with E-state index in [1.165, 1.54) is 11.3 Å². The third-order valence-corrected chi connectivity index (χ3v) is 6.93. The molecule has 1 aliphatic heterocycles. The average Bonchev–Trinajstić information content (AvgIpc) is 3.26. The second-order valence-corrected chi connectivity index (χ2v) is 9.09. The summed E-state index contributed by atoms with van der Waals surface area (Å²) in [6, 6.07) is 9.73. The predicted molar refractivity (Wildman–Crippen MR) is 119 cm³/mol. The van der Waals surface area contributed by atoms with Crippen molar-refractivity contribution < 1.29 is 9.59 Å². The van der Waals surface area contributed by atoms with E-state index in [4.69, 9.17) is 17.3 Å². The van der Waals surface area contributed by atoms with Gasteiger partial charge in [-0.1, -0.05) is 29.8 Å². The molecule has 3 heterocycles. The summed E-state index contributed by atoms with van der Waals surface area (Å²) < 4.78 is 1.91. The van der Waals surface area contributed by atoms with E-state index in [2.05, 4.69) is 10.4 Å². The molecule has 1 aromatic carbocycles. The van der Waals surface area contributed by atoms with E-state index in [1.54, 1.807) is 0 Å². The average molecular weight is 446 g/mol. The first-order valence-electron chi connectivity index (χ1n) is 9.92. The summed E-state index contributed by atoms with van der Waals surface area (Å²) in [5.74, 6) is -0.378. The van der Waals surface area contributed by atoms with Gasteiger partial charge in [-0.05, 0) is 37.5 Å². The van der Waals surface area contributed by atoms with Gasteiger partial charge in [-0.25, -0.2) is 0 Å². The van der Waals surface area contributed by atoms with Crippen molar-refractivity contribution in [3.05, 3.63) is 51.5 Å². The monoisotopic (exact) mass is 445 g/mol. The van der Waals surface area contributed by atoms with Gasteiger partial charge in [0.05, 0.1) is 23.7 Å². The molecule has 0 radical (unpaired) electrons. The van der Waals surface area contributed by atoms with Crippen LogP contribution in [0.3, 0.4) is 0 Å². The van der Waals surface area contributed by atoms with Crippen LogP contribution in [-0.4, -0.2) is 52.2 Å². The number of hydrogen-bond donors (Lipinski definition) is 2. The number of thiophene rings is 1. The maximum Gasteiger partial charge on any atom is 0.261 e. The number of nitrogens with two attached hydrogens (primary N) is 1. The number of amides is 2. The highest BCUT2D eigenvalue weighted by Crippen LogP contribution is 2.30. The fraction of sp³-hybridized carbons (Fsp3) is 0.381. The van der Waals surface area contributed by atoms with Crippen molar-refractivity contribution in [2.75, 3.05) is 19.6 Å². The van der Waals surface area contributed by atoms with Gasteiger partial charge in [-0.3, -0.25) is 19.2 Å². The Bertz CT molecular complexity index is 1080. The zero-order valence-corrected chi connectivity index (χ0v) is 18.3. The van der Waals surface area contributed by atoms with Crippen molar-refractivity contribution in [3.8, 4) is 0 Å². The topological polar surface area (TPSA) is 93.2 Å². The molecule has 9 heteroatoms. The van der Waals surface area contributed by atoms with Crippen LogP contribution in [0.15, 0.2) is 30.3 Å². The molecule has 1 aliphatic rings. The first-order valence-corrected chi connectivity index (χ1v) is 11.1. The van der Waals surface area contributed by atoms with E-state index in [1.807, 2.05) is 46.8 Å². The molecular formula is C21H24ClN5O2S. The lowest BCUT2D eigenvalue weighted by molar-refractivity contribution is -0.119. The Morgan fingerprint density at radius 3 is 2.73 bits per heavy atom. The summed E-state index contributed by atoms with van der Waals surface area (Å²) in [4.78, 5) is 27.6. The third kappa shape index (κ3) is 4.50. The smallest absolute Gasteiger partial charge is 0.261 e. The van der Waals surface area contributed by atoms with Crippen molar-refractivity contribution in [1.82, 2.24) is 20.0 Å². The Morgan fingerprint density at radius 1 is 1.30 bits per heavy atom. The van der Waals surface area contributed by atoms with Crippen LogP contribution in [0.2, 0.25) is 5.02 Å². The van der Waals surface area contributed by atoms with Crippen LogP contribution in [0.5, 0.6) is 0 Å². The number of piperidine rings is 1. The number of aromatic nitrogens is 2. The van der Waals surface area contributed by atoms with Crippen LogP contribution >= 0.6 is 22.9 Å². The number of carbonyl (C=O) groups is 2. The SMILES string of the molecule is Cc1nn(Cc2ccccc2Cl)c2sc(C(=O)NC3CCN(CC(N)=O)CC3)cc12. The van der Waals surface area contributed by atoms with E-state index in [0.717, 1.165) is 47.4 Å². The summed E-state index contributed by atoms with van der Waals surface area (Å²) >= 11 is 7.75. The van der Waals surface area contributed by atoms with Gasteiger partial charge in [-0.15, -0.1) is 11.3 Å². The summed E-state index contributed by atoms with van der Waals surface area (Å²) in [5.41, 5.74) is 7.15. The number of nitrogens with zero attached hydrogens (tertiary/aromatic N) is 3. The maximum atomic E-state index is 12.8. The normalized spacial score (nSPS) is 15.5. The highest BCUT2D eigenvalue weighted by molar-refractivity contribution is 7.20. The first kappa shape index (κ1) is 20.8. The molecule has 0 unspecified atom stereocenters. The molecule has 7 nitrogen and oxygen atoms in total. The van der Waals surface area contributed by atoms with Gasteiger partial charge in [0.15, 0.2) is 0 Å². The number of rotatable bonds is 6. The van der Waals surface area contributed by atoms with Crippen LogP contribution in [0.1, 0.15) is 33.8 Å². The van der Waals surface area contributed by atoms with E-state index in [-0.39, 0.29) is 24.4 Å². The van der Waals surface area contributed by atoms with Crippen LogP contribution in [0, 0.1) is 6.92 Å². The number of fused-ring (bicyclic) bond motifs is 1. The van der Waals surface area contributed by atoms with Crippen LogP contribution in [-0.2, 0) is 11.3 Å². The lowest BCUT2D eigenvalue weighted by Crippen LogP contribution is -2.46. The van der Waals surface area contributed by atoms with Gasteiger partial charge in [-0.2, -0.15) is 5.10 Å². The highest BCUT2D eigenvalue weighted by Gasteiger charge is 2.23. The van der Waals surface area contributed by atoms with Crippen molar-refractivity contribution in [2.24, 2.45) is 5.73 Å². The molecule has 0 saturated carbocycles. The van der Waals surface area contributed by atoms with Crippen LogP contribution < -0.4 is 11.1 Å². The van der Waals surface area contributed by atoms with Gasteiger partial charge >= 0.3 is 0 Å². The van der Waals surface area contributed by atoms with Crippen LogP contribution in [0.4, 0.5) is 0 Å². The van der Waals surface area contributed by atoms with Gasteiger partial charge in [0.1, 0.15) is 4.83 Å². The van der Waals surface area contributed by atoms with E-state index in [0.29, 0.717) is 16.4 Å². The quantitative estimate of drug-likeness (QED) is 0.610. The number of likely N-dealkylation sites (tertiary alicyclic amines) is 1. The van der Waals surface area contributed by atoms with E-state index in [9.17, 15) is 9.59 Å². The number of primary amides is 1. The molecule has 0 atom stereocenters. The number of aryl methyl sites for hydroxylation is 1. The second kappa shape index (κ2) is 8.75. The fourth-order valence-corrected chi connectivity index (χ4v) is 5.09. The lowest BCUT2D eigenvalue weighted by atomic mass is 10.0. The Hall–Kier alpha value is -2.42. The Labute approximate surface area is 183 Å². The Balaban J connectivity index is 1.45. The van der Waals surface area contributed by atoms with Crippen LogP contribution in [0.25, 0.3) is 10.2 Å². The Kier molecular flexibility index (Phi) is 6.08. The van der Waals surface area contributed by atoms with Crippen molar-refractivity contribution >= 4 is 45.0 Å². The fourth-order valence-electron chi connectivity index (χ4n) is 3.83. The number of nitrogens with one attached hydrogen (secondary N) is 1. The van der Waals surface area contributed by atoms with Gasteiger partial charge in [0, 0.05) is 29.5 Å². The van der Waals surface area contributed by atoms with Crippen molar-refractivity contribution in [3.63, 3.8) is 0 Å². The zero-order chi connectivity index (χ0) is 21.3. The van der Waals surface area contributed by atoms with Gasteiger partial charge in [0.2, 0.25) is 5.91 Å². The molecule has 0 bridgehead atoms. The molecule has 2 aromatic heterocycles. The predicted octanol–water partition coefficient (Wildman–Crippen LogP) is 2.79. The molecule has 3 N–H and O–H groups in total. The number of benzene rings is 1. The molecule has 3 aromatic rings. The van der Waals surface area contributed by atoms with Crippen molar-refractivity contribution in [1.29, 1.82) is 0 Å². The number of halogens is 1. The highest BCUT2D eigenvalue weighted by atomic mass is 35.5. The standard InChI is InChI=1S/C21H24ClN5O2S/c1-13-16-10-18(20(29)24-15-6-8-26(9-7-15)12-19(23)28)30-21(16)27(25-13)11-14-4-2-3-5-17(14)22/h2-5,10,15H,6-9,11-12H2,1H3,(H2,23,28)(H,24,29). The molecule has 0 aliphatic carbocycles. The van der Waals surface area contributed by atoms with E-state index < -0.39 is 0 Å². The molecule has 4 rings (SSSR count). The summed E-state index contributed by atoms with van der Waals surface area (Å²) in [7, 11) is 0. The van der Waals surface area contributed by atoms with E-state index >= 15 is 0 Å². The maximum absolute atomic E-state index is 12.8. The second-order valence-electron chi connectivity index (χ2n) is 7.65. The molecular weight excluding hydrogens is 422 g/mol. The molecule has 2 amide bonds. The number of carbonyl (C=O) groups excluding carboxylic acids is 2. The van der Waals surface area contributed by atoms with Gasteiger partial charge in [0.25, 0.3) is 5.91 Å². The summed E-state index contributed by atoms with van der Waals surface area (Å²) in [5, 5.41) is 9.46. The summed E-state index contributed by atoms with van der Waals surface area (Å²) in [6.45, 7) is 4.30. The minimum Gasteiger partial charge on any atom is -0.369 e. The number of hydrogen-bond acceptors (Lipinski definition) is 5. The third-order valence-electron chi connectivity index (χ3n) is 5.41. The Morgan fingerprint density at radius 2 is 2.03 bits per heavy atom. The molecule has 1 saturated heterocycles. The summed E-state index contributed by atoms with van der Waals surface area (Å²) in [6.07, 6.45) is 1.62. The molecule has 0 spiro atoms. The minimum atomic E-state index is -0.316. The molecule has 30 heavy (non-hydrogen) atoms. The molecule has 1 fully saturated rings. The van der Waals surface area contributed by atoms with Crippen molar-refractivity contribution in [2.45, 2.75) is 32.4 Å². The lowest BCUT2D eigenvalue weighted by Gasteiger charge is -2.31. The first-order chi connectivity index (χ1) is 14.4. The molecule has 158 valence electrons. The largest absolute Gasteiger partial charge is 0.369 e. The van der Waals surface area contributed by atoms with Gasteiger partial charge < -0.3 is 11.1 Å². The zero-order valence-electron chi connectivity index (χ0n) is 16.7. The minimum absolute atomic E-state index is 0.0618.